The minimum absolute atomic E-state index is 0.00902. The summed E-state index contributed by atoms with van der Waals surface area (Å²) in [6.45, 7) is 1.31. The van der Waals surface area contributed by atoms with Gasteiger partial charge in [-0.15, -0.1) is 0 Å². The Kier molecular flexibility index (Phi) is 4.49. The van der Waals surface area contributed by atoms with Gasteiger partial charge in [0.1, 0.15) is 0 Å². The predicted molar refractivity (Wildman–Crippen MR) is 100 cm³/mol. The second-order valence-corrected chi connectivity index (χ2v) is 7.69. The van der Waals surface area contributed by atoms with Crippen molar-refractivity contribution in [1.29, 1.82) is 0 Å². The van der Waals surface area contributed by atoms with Crippen LogP contribution in [0.15, 0.2) is 42.7 Å². The van der Waals surface area contributed by atoms with Crippen LogP contribution >= 0.6 is 11.6 Å². The average Bonchev–Trinajstić information content (AvgIpc) is 3.27. The molecule has 1 aliphatic heterocycles. The Hall–Kier alpha value is -2.27. The van der Waals surface area contributed by atoms with Gasteiger partial charge in [-0.05, 0) is 49.4 Å². The number of likely N-dealkylation sites (tertiary alicyclic amines) is 1. The lowest BCUT2D eigenvalue weighted by atomic mass is 9.93. The summed E-state index contributed by atoms with van der Waals surface area (Å²) in [5.74, 6) is 0.0712. The van der Waals surface area contributed by atoms with Crippen molar-refractivity contribution in [3.05, 3.63) is 58.9 Å². The smallest absolute Gasteiger partial charge is 0.253 e. The molecule has 0 bridgehead atoms. The van der Waals surface area contributed by atoms with Gasteiger partial charge in [0.2, 0.25) is 5.91 Å². The van der Waals surface area contributed by atoms with Crippen molar-refractivity contribution in [2.45, 2.75) is 37.1 Å². The number of amides is 2. The summed E-state index contributed by atoms with van der Waals surface area (Å²) >= 11 is 6.12. The first-order valence-corrected chi connectivity index (χ1v) is 9.45. The van der Waals surface area contributed by atoms with E-state index in [1.165, 1.54) is 0 Å². The summed E-state index contributed by atoms with van der Waals surface area (Å²) in [6.07, 6.45) is 6.93. The molecular formula is C20H22ClN3O2. The predicted octanol–water partition coefficient (Wildman–Crippen LogP) is 3.12. The van der Waals surface area contributed by atoms with Crippen LogP contribution in [0, 0.1) is 0 Å². The van der Waals surface area contributed by atoms with E-state index in [4.69, 9.17) is 11.6 Å². The molecule has 6 heteroatoms. The van der Waals surface area contributed by atoms with E-state index in [1.807, 2.05) is 29.2 Å². The molecule has 2 fully saturated rings. The number of rotatable bonds is 4. The lowest BCUT2D eigenvalue weighted by Crippen LogP contribution is -2.52. The van der Waals surface area contributed by atoms with E-state index < -0.39 is 5.41 Å². The fourth-order valence-electron chi connectivity index (χ4n) is 3.85. The number of hydrogen-bond donors (Lipinski definition) is 2. The van der Waals surface area contributed by atoms with Crippen molar-refractivity contribution in [2.75, 3.05) is 13.1 Å². The van der Waals surface area contributed by atoms with Gasteiger partial charge in [0, 0.05) is 36.5 Å². The first-order chi connectivity index (χ1) is 12.6. The highest BCUT2D eigenvalue weighted by Crippen LogP contribution is 2.50. The molecule has 0 spiro atoms. The molecule has 0 unspecified atom stereocenters. The van der Waals surface area contributed by atoms with Crippen molar-refractivity contribution >= 4 is 23.4 Å². The van der Waals surface area contributed by atoms with Crippen molar-refractivity contribution in [3.63, 3.8) is 0 Å². The zero-order chi connectivity index (χ0) is 18.1. The van der Waals surface area contributed by atoms with Crippen molar-refractivity contribution in [2.24, 2.45) is 0 Å². The molecule has 1 saturated heterocycles. The van der Waals surface area contributed by atoms with Gasteiger partial charge in [-0.1, -0.05) is 23.7 Å². The van der Waals surface area contributed by atoms with Gasteiger partial charge in [0.15, 0.2) is 0 Å². The molecule has 1 saturated carbocycles. The van der Waals surface area contributed by atoms with E-state index in [2.05, 4.69) is 10.3 Å². The van der Waals surface area contributed by atoms with Crippen LogP contribution < -0.4 is 5.32 Å². The molecule has 1 aromatic carbocycles. The molecule has 1 aliphatic carbocycles. The highest BCUT2D eigenvalue weighted by Gasteiger charge is 2.53. The molecule has 2 N–H and O–H groups in total. The van der Waals surface area contributed by atoms with Gasteiger partial charge >= 0.3 is 0 Å². The Bertz CT molecular complexity index is 814. The van der Waals surface area contributed by atoms with Crippen LogP contribution in [0.2, 0.25) is 5.02 Å². The third-order valence-electron chi connectivity index (χ3n) is 5.44. The summed E-state index contributed by atoms with van der Waals surface area (Å²) < 4.78 is 0. The van der Waals surface area contributed by atoms with Crippen LogP contribution in [-0.2, 0) is 10.2 Å². The molecule has 26 heavy (non-hydrogen) atoms. The van der Waals surface area contributed by atoms with Gasteiger partial charge in [-0.3, -0.25) is 9.59 Å². The largest absolute Gasteiger partial charge is 0.367 e. The molecule has 4 rings (SSSR count). The van der Waals surface area contributed by atoms with Crippen LogP contribution in [0.25, 0.3) is 0 Å². The minimum atomic E-state index is -0.419. The Morgan fingerprint density at radius 3 is 2.81 bits per heavy atom. The molecule has 2 heterocycles. The van der Waals surface area contributed by atoms with E-state index in [9.17, 15) is 9.59 Å². The highest BCUT2D eigenvalue weighted by atomic mass is 35.5. The number of piperidine rings is 1. The molecule has 2 aliphatic rings. The van der Waals surface area contributed by atoms with Gasteiger partial charge in [0.25, 0.3) is 5.91 Å². The van der Waals surface area contributed by atoms with Crippen LogP contribution in [0.5, 0.6) is 0 Å². The monoisotopic (exact) mass is 371 g/mol. The van der Waals surface area contributed by atoms with Crippen LogP contribution in [-0.4, -0.2) is 40.8 Å². The minimum Gasteiger partial charge on any atom is -0.367 e. The second-order valence-electron chi connectivity index (χ2n) is 7.26. The molecule has 2 aromatic rings. The second kappa shape index (κ2) is 6.80. The number of carbonyl (C=O) groups excluding carboxylic acids is 2. The fraction of sp³-hybridized carbons (Fsp3) is 0.400. The topological polar surface area (TPSA) is 65.2 Å². The number of hydrogen-bond acceptors (Lipinski definition) is 2. The molecule has 0 radical (unpaired) electrons. The first kappa shape index (κ1) is 17.2. The molecule has 1 atom stereocenters. The Morgan fingerprint density at radius 1 is 1.27 bits per heavy atom. The number of nitrogens with zero attached hydrogens (tertiary/aromatic N) is 1. The van der Waals surface area contributed by atoms with E-state index in [0.717, 1.165) is 37.8 Å². The fourth-order valence-corrected chi connectivity index (χ4v) is 4.04. The zero-order valence-corrected chi connectivity index (χ0v) is 15.3. The highest BCUT2D eigenvalue weighted by molar-refractivity contribution is 6.30. The molecular weight excluding hydrogens is 350 g/mol. The SMILES string of the molecule is O=C(N[C@H]1CCCN(C(=O)C2(c3cccc(Cl)c3)CC2)C1)c1cc[nH]c1. The maximum Gasteiger partial charge on any atom is 0.253 e. The summed E-state index contributed by atoms with van der Waals surface area (Å²) in [5.41, 5.74) is 1.21. The molecule has 5 nitrogen and oxygen atoms in total. The quantitative estimate of drug-likeness (QED) is 0.867. The van der Waals surface area contributed by atoms with Gasteiger partial charge in [-0.2, -0.15) is 0 Å². The Morgan fingerprint density at radius 2 is 2.12 bits per heavy atom. The van der Waals surface area contributed by atoms with Crippen molar-refractivity contribution < 1.29 is 9.59 Å². The number of carbonyl (C=O) groups is 2. The Labute approximate surface area is 157 Å². The van der Waals surface area contributed by atoms with E-state index >= 15 is 0 Å². The third-order valence-corrected chi connectivity index (χ3v) is 5.68. The summed E-state index contributed by atoms with van der Waals surface area (Å²) in [4.78, 5) is 30.3. The number of aromatic amines is 1. The number of H-pyrrole nitrogens is 1. The van der Waals surface area contributed by atoms with E-state index in [1.54, 1.807) is 18.5 Å². The molecule has 1 aromatic heterocycles. The van der Waals surface area contributed by atoms with Gasteiger partial charge in [-0.25, -0.2) is 0 Å². The van der Waals surface area contributed by atoms with Crippen molar-refractivity contribution in [1.82, 2.24) is 15.2 Å². The molecule has 2 amide bonds. The Balaban J connectivity index is 1.44. The van der Waals surface area contributed by atoms with E-state index in [-0.39, 0.29) is 17.9 Å². The normalized spacial score (nSPS) is 21.3. The number of halogens is 1. The molecule has 136 valence electrons. The summed E-state index contributed by atoms with van der Waals surface area (Å²) in [6, 6.07) is 9.37. The van der Waals surface area contributed by atoms with E-state index in [0.29, 0.717) is 17.1 Å². The summed E-state index contributed by atoms with van der Waals surface area (Å²) in [7, 11) is 0. The maximum atomic E-state index is 13.2. The zero-order valence-electron chi connectivity index (χ0n) is 14.5. The number of nitrogens with one attached hydrogen (secondary N) is 2. The average molecular weight is 372 g/mol. The van der Waals surface area contributed by atoms with Gasteiger partial charge in [0.05, 0.1) is 11.0 Å². The van der Waals surface area contributed by atoms with Crippen molar-refractivity contribution in [3.8, 4) is 0 Å². The van der Waals surface area contributed by atoms with Crippen LogP contribution in [0.3, 0.4) is 0 Å². The van der Waals surface area contributed by atoms with Gasteiger partial charge < -0.3 is 15.2 Å². The lowest BCUT2D eigenvalue weighted by Gasteiger charge is -2.35. The summed E-state index contributed by atoms with van der Waals surface area (Å²) in [5, 5.41) is 3.72. The lowest BCUT2D eigenvalue weighted by molar-refractivity contribution is -0.135. The van der Waals surface area contributed by atoms with Crippen LogP contribution in [0.4, 0.5) is 0 Å². The first-order valence-electron chi connectivity index (χ1n) is 9.07. The maximum absolute atomic E-state index is 13.2. The standard InChI is InChI=1S/C20H22ClN3O2/c21-16-4-1-3-15(11-16)20(7-8-20)19(26)24-10-2-5-17(13-24)23-18(25)14-6-9-22-12-14/h1,3-4,6,9,11-12,17,22H,2,5,7-8,10,13H2,(H,23,25)/t17-/m0/s1. The third kappa shape index (κ3) is 3.23. The number of benzene rings is 1. The van der Waals surface area contributed by atoms with Crippen LogP contribution in [0.1, 0.15) is 41.6 Å². The number of aromatic nitrogens is 1.